The van der Waals surface area contributed by atoms with Gasteiger partial charge in [-0.2, -0.15) is 5.10 Å². The Balaban J connectivity index is 1.40. The number of benzene rings is 1. The summed E-state index contributed by atoms with van der Waals surface area (Å²) < 4.78 is 3.84. The topological polar surface area (TPSA) is 79.4 Å². The first kappa shape index (κ1) is 17.2. The third-order valence-electron chi connectivity index (χ3n) is 5.77. The second-order valence-electron chi connectivity index (χ2n) is 7.81. The van der Waals surface area contributed by atoms with Crippen LogP contribution in [-0.4, -0.2) is 30.8 Å². The van der Waals surface area contributed by atoms with Gasteiger partial charge in [-0.05, 0) is 50.6 Å². The van der Waals surface area contributed by atoms with Gasteiger partial charge in [0.25, 0.3) is 0 Å². The molecule has 3 N–H and O–H groups in total. The molecule has 0 spiro atoms. The summed E-state index contributed by atoms with van der Waals surface area (Å²) in [6.45, 7) is 3.24. The third-order valence-corrected chi connectivity index (χ3v) is 5.77. The third kappa shape index (κ3) is 2.83. The lowest BCUT2D eigenvalue weighted by molar-refractivity contribution is 0.208. The van der Waals surface area contributed by atoms with Gasteiger partial charge in [0.1, 0.15) is 5.65 Å². The molecule has 1 aromatic carbocycles. The number of imidazole rings is 1. The zero-order valence-corrected chi connectivity index (χ0v) is 16.1. The zero-order valence-electron chi connectivity index (χ0n) is 16.1. The minimum Gasteiger partial charge on any atom is -0.369 e. The van der Waals surface area contributed by atoms with E-state index in [9.17, 15) is 5.11 Å². The number of aryl methyl sites for hydroxylation is 1. The van der Waals surface area contributed by atoms with Gasteiger partial charge in [-0.1, -0.05) is 6.07 Å². The second-order valence-corrected chi connectivity index (χ2v) is 7.81. The van der Waals surface area contributed by atoms with Crippen molar-refractivity contribution in [2.45, 2.75) is 31.5 Å². The minimum atomic E-state index is -0.806. The van der Waals surface area contributed by atoms with Gasteiger partial charge >= 0.3 is 0 Å². The van der Waals surface area contributed by atoms with Crippen LogP contribution in [0.3, 0.4) is 0 Å². The Kier molecular flexibility index (Phi) is 3.89. The average molecular weight is 376 g/mol. The van der Waals surface area contributed by atoms with Gasteiger partial charge in [0, 0.05) is 30.4 Å². The highest BCUT2D eigenvalue weighted by Crippen LogP contribution is 2.30. The summed E-state index contributed by atoms with van der Waals surface area (Å²) >= 11 is 0. The molecule has 0 bridgehead atoms. The highest BCUT2D eigenvalue weighted by atomic mass is 16.3. The monoisotopic (exact) mass is 376 g/mol. The van der Waals surface area contributed by atoms with Crippen molar-refractivity contribution in [3.8, 4) is 0 Å². The van der Waals surface area contributed by atoms with E-state index in [0.717, 1.165) is 46.5 Å². The summed E-state index contributed by atoms with van der Waals surface area (Å²) in [6.07, 6.45) is 7.31. The van der Waals surface area contributed by atoms with Crippen LogP contribution in [0.15, 0.2) is 48.9 Å². The van der Waals surface area contributed by atoms with Gasteiger partial charge in [0.2, 0.25) is 0 Å². The molecule has 0 saturated carbocycles. The van der Waals surface area contributed by atoms with E-state index in [1.165, 1.54) is 6.42 Å². The molecular weight excluding hydrogens is 352 g/mol. The predicted molar refractivity (Wildman–Crippen MR) is 109 cm³/mol. The molecule has 0 radical (unpaired) electrons. The molecule has 0 aliphatic carbocycles. The fraction of sp³-hybridized carbons (Fsp3) is 0.333. The first-order valence-electron chi connectivity index (χ1n) is 9.62. The van der Waals surface area contributed by atoms with Crippen LogP contribution >= 0.6 is 0 Å². The number of hydrogen-bond donors (Lipinski definition) is 3. The van der Waals surface area contributed by atoms with Crippen molar-refractivity contribution in [2.75, 3.05) is 11.9 Å². The van der Waals surface area contributed by atoms with E-state index < -0.39 is 6.23 Å². The number of aliphatic hydroxyl groups excluding tert-OH is 1. The van der Waals surface area contributed by atoms with Gasteiger partial charge in [0.05, 0.1) is 28.6 Å². The molecule has 1 aliphatic rings. The van der Waals surface area contributed by atoms with Crippen LogP contribution in [0.25, 0.3) is 16.6 Å². The lowest BCUT2D eigenvalue weighted by Crippen LogP contribution is -2.33. The Labute approximate surface area is 163 Å². The maximum atomic E-state index is 10.7. The van der Waals surface area contributed by atoms with Crippen molar-refractivity contribution in [1.82, 2.24) is 24.5 Å². The summed E-state index contributed by atoms with van der Waals surface area (Å²) in [4.78, 5) is 4.78. The van der Waals surface area contributed by atoms with E-state index in [0.29, 0.717) is 0 Å². The van der Waals surface area contributed by atoms with E-state index >= 15 is 0 Å². The van der Waals surface area contributed by atoms with Crippen molar-refractivity contribution in [2.24, 2.45) is 7.05 Å². The molecule has 28 heavy (non-hydrogen) atoms. The standard InChI is InChI=1S/C21H24N6O/c1-21(8-3-9-22-21)18-13-27-12-16(5-7-19(27)25-18)24-20(28)14-4-6-17-15(10-14)11-23-26(17)2/h4-7,10-13,20,22,24,28H,3,8-9H2,1-2H3. The highest BCUT2D eigenvalue weighted by molar-refractivity contribution is 5.79. The molecule has 144 valence electrons. The minimum absolute atomic E-state index is 0.0573. The van der Waals surface area contributed by atoms with Gasteiger partial charge < -0.3 is 20.1 Å². The first-order chi connectivity index (χ1) is 13.5. The number of anilines is 1. The Morgan fingerprint density at radius 3 is 2.96 bits per heavy atom. The van der Waals surface area contributed by atoms with E-state index in [4.69, 9.17) is 4.98 Å². The molecule has 0 amide bonds. The molecule has 2 atom stereocenters. The molecule has 2 unspecified atom stereocenters. The Morgan fingerprint density at radius 1 is 1.25 bits per heavy atom. The SMILES string of the molecule is Cn1ncc2cc(C(O)Nc3ccc4nc(C5(C)CCCN5)cn4c3)ccc21. The number of pyridine rings is 1. The van der Waals surface area contributed by atoms with Crippen LogP contribution in [0.1, 0.15) is 37.3 Å². The summed E-state index contributed by atoms with van der Waals surface area (Å²) in [6, 6.07) is 9.77. The normalized spacial score (nSPS) is 20.8. The number of nitrogens with one attached hydrogen (secondary N) is 2. The molecule has 1 aliphatic heterocycles. The number of hydrogen-bond acceptors (Lipinski definition) is 5. The summed E-state index contributed by atoms with van der Waals surface area (Å²) in [5.41, 5.74) is 4.58. The van der Waals surface area contributed by atoms with Gasteiger partial charge in [0.15, 0.2) is 6.23 Å². The van der Waals surface area contributed by atoms with Gasteiger partial charge in [-0.3, -0.25) is 4.68 Å². The number of aromatic nitrogens is 4. The quantitative estimate of drug-likeness (QED) is 0.477. The summed E-state index contributed by atoms with van der Waals surface area (Å²) in [5, 5.41) is 22.7. The molecule has 1 saturated heterocycles. The number of nitrogens with zero attached hydrogens (tertiary/aromatic N) is 4. The lowest BCUT2D eigenvalue weighted by atomic mass is 9.97. The van der Waals surface area contributed by atoms with Crippen LogP contribution < -0.4 is 10.6 Å². The Hall–Kier alpha value is -2.90. The maximum Gasteiger partial charge on any atom is 0.150 e. The Bertz CT molecular complexity index is 1150. The zero-order chi connectivity index (χ0) is 19.3. The molecule has 4 heterocycles. The highest BCUT2D eigenvalue weighted by Gasteiger charge is 2.32. The van der Waals surface area contributed by atoms with Crippen LogP contribution in [0.5, 0.6) is 0 Å². The number of fused-ring (bicyclic) bond motifs is 2. The second kappa shape index (κ2) is 6.32. The van der Waals surface area contributed by atoms with Crippen LogP contribution in [0.4, 0.5) is 5.69 Å². The Morgan fingerprint density at radius 2 is 2.14 bits per heavy atom. The fourth-order valence-corrected chi connectivity index (χ4v) is 4.05. The van der Waals surface area contributed by atoms with Crippen LogP contribution in [0, 0.1) is 0 Å². The largest absolute Gasteiger partial charge is 0.369 e. The summed E-state index contributed by atoms with van der Waals surface area (Å²) in [7, 11) is 1.91. The van der Waals surface area contributed by atoms with Crippen molar-refractivity contribution in [3.63, 3.8) is 0 Å². The molecule has 4 aromatic rings. The molecule has 3 aromatic heterocycles. The molecule has 1 fully saturated rings. The smallest absolute Gasteiger partial charge is 0.150 e. The number of aliphatic hydroxyl groups is 1. The van der Waals surface area contributed by atoms with Crippen molar-refractivity contribution >= 4 is 22.2 Å². The molecule has 7 heteroatoms. The maximum absolute atomic E-state index is 10.7. The molecule has 7 nitrogen and oxygen atoms in total. The predicted octanol–water partition coefficient (Wildman–Crippen LogP) is 2.92. The van der Waals surface area contributed by atoms with E-state index in [1.807, 2.05) is 58.9 Å². The van der Waals surface area contributed by atoms with Crippen molar-refractivity contribution < 1.29 is 5.11 Å². The first-order valence-corrected chi connectivity index (χ1v) is 9.62. The lowest BCUT2D eigenvalue weighted by Gasteiger charge is -2.21. The van der Waals surface area contributed by atoms with Crippen molar-refractivity contribution in [1.29, 1.82) is 0 Å². The van der Waals surface area contributed by atoms with E-state index in [1.54, 1.807) is 0 Å². The summed E-state index contributed by atoms with van der Waals surface area (Å²) in [5.74, 6) is 0. The average Bonchev–Trinajstić information content (AvgIpc) is 3.40. The molecular formula is C21H24N6O. The van der Waals surface area contributed by atoms with Crippen molar-refractivity contribution in [3.05, 3.63) is 60.2 Å². The van der Waals surface area contributed by atoms with E-state index in [-0.39, 0.29) is 5.54 Å². The van der Waals surface area contributed by atoms with Crippen LogP contribution in [0.2, 0.25) is 0 Å². The van der Waals surface area contributed by atoms with E-state index in [2.05, 4.69) is 28.9 Å². The fourth-order valence-electron chi connectivity index (χ4n) is 4.05. The molecule has 5 rings (SSSR count). The van der Waals surface area contributed by atoms with Gasteiger partial charge in [-0.25, -0.2) is 4.98 Å². The van der Waals surface area contributed by atoms with Gasteiger partial charge in [-0.15, -0.1) is 0 Å². The van der Waals surface area contributed by atoms with Crippen LogP contribution in [-0.2, 0) is 12.6 Å². The number of rotatable bonds is 4.